The molecule has 5 heterocycles. The molecule has 0 aromatic rings. The van der Waals surface area contributed by atoms with Gasteiger partial charge >= 0.3 is 5.97 Å². The molecule has 9 fully saturated rings. The van der Waals surface area contributed by atoms with Crippen molar-refractivity contribution in [3.8, 4) is 0 Å². The van der Waals surface area contributed by atoms with Crippen molar-refractivity contribution in [3.63, 3.8) is 0 Å². The number of hydrogen-bond donors (Lipinski definition) is 8. The fourth-order valence-corrected chi connectivity index (χ4v) is 14.9. The minimum Gasteiger partial charge on any atom is -0.462 e. The Morgan fingerprint density at radius 3 is 1.88 bits per heavy atom. The molecule has 0 bridgehead atoms. The highest BCUT2D eigenvalue weighted by atomic mass is 16.8. The van der Waals surface area contributed by atoms with Crippen LogP contribution in [0.15, 0.2) is 0 Å². The average molecular weight is 929 g/mol. The first kappa shape index (κ1) is 48.8. The lowest BCUT2D eigenvalue weighted by atomic mass is 9.43. The highest BCUT2D eigenvalue weighted by molar-refractivity contribution is 5.66. The van der Waals surface area contributed by atoms with Crippen LogP contribution >= 0.6 is 0 Å². The number of rotatable bonds is 8. The van der Waals surface area contributed by atoms with Gasteiger partial charge in [-0.2, -0.15) is 0 Å². The summed E-state index contributed by atoms with van der Waals surface area (Å²) in [6, 6.07) is 0. The molecule has 5 saturated heterocycles. The van der Waals surface area contributed by atoms with Crippen molar-refractivity contribution < 1.29 is 88.3 Å². The van der Waals surface area contributed by atoms with Gasteiger partial charge in [-0.3, -0.25) is 4.79 Å². The van der Waals surface area contributed by atoms with Crippen LogP contribution in [0.1, 0.15) is 106 Å². The zero-order chi connectivity index (χ0) is 46.7. The molecule has 65 heavy (non-hydrogen) atoms. The predicted octanol–water partition coefficient (Wildman–Crippen LogP) is 0.863. The first-order valence-electron chi connectivity index (χ1n) is 24.5. The van der Waals surface area contributed by atoms with Crippen LogP contribution in [0.3, 0.4) is 0 Å². The molecule has 0 radical (unpaired) electrons. The van der Waals surface area contributed by atoms with Gasteiger partial charge in [0, 0.05) is 25.2 Å². The number of aliphatic hydroxyl groups is 8. The molecule has 8 N–H and O–H groups in total. The molecule has 0 aromatic heterocycles. The van der Waals surface area contributed by atoms with Gasteiger partial charge in [0.2, 0.25) is 0 Å². The number of fused-ring (bicyclic) bond motifs is 7. The second-order valence-electron chi connectivity index (χ2n) is 22.2. The van der Waals surface area contributed by atoms with E-state index in [1.165, 1.54) is 20.8 Å². The van der Waals surface area contributed by atoms with Gasteiger partial charge in [-0.05, 0) is 106 Å². The van der Waals surface area contributed by atoms with Gasteiger partial charge in [0.1, 0.15) is 67.1 Å². The largest absolute Gasteiger partial charge is 0.462 e. The molecule has 0 amide bonds. The lowest BCUT2D eigenvalue weighted by molar-refractivity contribution is -0.389. The minimum absolute atomic E-state index is 0.0620. The van der Waals surface area contributed by atoms with Crippen molar-refractivity contribution in [2.45, 2.75) is 222 Å². The van der Waals surface area contributed by atoms with E-state index in [0.717, 1.165) is 51.6 Å². The third kappa shape index (κ3) is 8.25. The number of carbonyl (C=O) groups is 1. The summed E-state index contributed by atoms with van der Waals surface area (Å²) in [6.07, 6.45) is -15.2. The maximum Gasteiger partial charge on any atom is 0.302 e. The maximum absolute atomic E-state index is 12.9. The van der Waals surface area contributed by atoms with Gasteiger partial charge < -0.3 is 83.5 Å². The van der Waals surface area contributed by atoms with Crippen molar-refractivity contribution in [2.75, 3.05) is 13.2 Å². The smallest absolute Gasteiger partial charge is 0.302 e. The summed E-state index contributed by atoms with van der Waals surface area (Å²) in [5.41, 5.74) is -0.135. The molecule has 18 heteroatoms. The van der Waals surface area contributed by atoms with E-state index >= 15 is 0 Å². The molecular formula is C47H76O18. The van der Waals surface area contributed by atoms with Crippen molar-refractivity contribution in [1.29, 1.82) is 0 Å². The fourth-order valence-electron chi connectivity index (χ4n) is 14.9. The Labute approximate surface area is 381 Å². The second-order valence-corrected chi connectivity index (χ2v) is 22.2. The number of carbonyl (C=O) groups excluding carboxylic acids is 1. The summed E-state index contributed by atoms with van der Waals surface area (Å²) in [6.45, 7) is 13.9. The Balaban J connectivity index is 0.946. The molecule has 9 aliphatic rings. The average Bonchev–Trinajstić information content (AvgIpc) is 3.72. The first-order valence-corrected chi connectivity index (χ1v) is 24.5. The Morgan fingerprint density at radius 1 is 0.646 bits per heavy atom. The summed E-state index contributed by atoms with van der Waals surface area (Å²) >= 11 is 0. The van der Waals surface area contributed by atoms with Crippen LogP contribution in [0.2, 0.25) is 0 Å². The highest BCUT2D eigenvalue weighted by Crippen LogP contribution is 2.71. The van der Waals surface area contributed by atoms with E-state index in [1.807, 2.05) is 0 Å². The monoisotopic (exact) mass is 929 g/mol. The van der Waals surface area contributed by atoms with Crippen LogP contribution in [-0.4, -0.2) is 176 Å². The van der Waals surface area contributed by atoms with E-state index < -0.39 is 111 Å². The molecule has 9 rings (SSSR count). The number of ether oxygens (including phenoxy) is 9. The van der Waals surface area contributed by atoms with Crippen molar-refractivity contribution in [2.24, 2.45) is 52.3 Å². The second kappa shape index (κ2) is 18.2. The highest BCUT2D eigenvalue weighted by Gasteiger charge is 2.70. The third-order valence-electron chi connectivity index (χ3n) is 18.5. The quantitative estimate of drug-likeness (QED) is 0.124. The molecule has 4 saturated carbocycles. The van der Waals surface area contributed by atoms with E-state index in [1.54, 1.807) is 0 Å². The topological polar surface area (TPSA) is 262 Å². The van der Waals surface area contributed by atoms with Crippen LogP contribution < -0.4 is 0 Å². The number of esters is 1. The Morgan fingerprint density at radius 2 is 1.28 bits per heavy atom. The lowest BCUT2D eigenvalue weighted by Crippen LogP contribution is -2.66. The molecule has 372 valence electrons. The SMILES string of the molecule is CC(=O)O[C@H]1CC2C3CC4O[C@]5(CC[C@@H](C)CO5)[C@@H](C)C4[C@@]3(C)CCC2[C@@]2(C)CC[C@H](O[C@@H]3O[C@H](CO)[C@@H](O[C@@H]4O[C@@H](C)[C@H](O)[C@@H](O)[C@H]4O)[C@H](O)[C@H]3O[C@@H]3O[C@@H](C)[C@H](O)[C@@H](O)[C@H]3O)CC12. The van der Waals surface area contributed by atoms with Crippen LogP contribution in [0.5, 0.6) is 0 Å². The standard InChI is InChI=1S/C47H76O18/c1-19-8-13-47(57-18-19)20(2)32-30(65-47)16-27-25-15-29(60-23(5)49)28-14-24(9-11-45(28,6)26(25)10-12-46(27,32)7)61-44-41(64-43-38(55)36(53)34(51)22(4)59-43)39(56)40(31(17-48)62-44)63-42-37(54)35(52)33(50)21(3)58-42/h19-22,24-44,48,50-56H,8-18H2,1-7H3/t19-,20+,21+,22+,24+,25?,26?,27?,28?,29+,30?,31-,32?,33+,34+,35-,36-,37-,38-,39+,40-,41-,42+,43+,44-,45-,46+,47-/m1/s1. The van der Waals surface area contributed by atoms with E-state index in [0.29, 0.717) is 42.4 Å². The van der Waals surface area contributed by atoms with Crippen molar-refractivity contribution in [1.82, 2.24) is 0 Å². The van der Waals surface area contributed by atoms with E-state index in [2.05, 4.69) is 27.7 Å². The molecule has 1 spiro atoms. The van der Waals surface area contributed by atoms with Gasteiger partial charge in [-0.25, -0.2) is 0 Å². The van der Waals surface area contributed by atoms with E-state index in [9.17, 15) is 45.6 Å². The summed E-state index contributed by atoms with van der Waals surface area (Å²) in [5.74, 6) is 1.37. The van der Waals surface area contributed by atoms with Crippen molar-refractivity contribution >= 4 is 5.97 Å². The zero-order valence-corrected chi connectivity index (χ0v) is 38.9. The van der Waals surface area contributed by atoms with E-state index in [4.69, 9.17) is 42.6 Å². The molecule has 0 aromatic carbocycles. The zero-order valence-electron chi connectivity index (χ0n) is 38.9. The van der Waals surface area contributed by atoms with Gasteiger partial charge in [0.15, 0.2) is 24.7 Å². The molecule has 4 aliphatic carbocycles. The van der Waals surface area contributed by atoms with Gasteiger partial charge in [-0.15, -0.1) is 0 Å². The molecule has 5 aliphatic heterocycles. The number of aliphatic hydroxyl groups excluding tert-OH is 8. The number of hydrogen-bond acceptors (Lipinski definition) is 18. The third-order valence-corrected chi connectivity index (χ3v) is 18.5. The first-order chi connectivity index (χ1) is 30.7. The maximum atomic E-state index is 12.9. The minimum atomic E-state index is -1.75. The Hall–Kier alpha value is -1.17. The van der Waals surface area contributed by atoms with E-state index in [-0.39, 0.29) is 40.8 Å². The molecular weight excluding hydrogens is 852 g/mol. The van der Waals surface area contributed by atoms with Crippen LogP contribution in [0.25, 0.3) is 0 Å². The predicted molar refractivity (Wildman–Crippen MR) is 224 cm³/mol. The molecule has 28 atom stereocenters. The lowest BCUT2D eigenvalue weighted by Gasteiger charge is -2.63. The van der Waals surface area contributed by atoms with Crippen LogP contribution in [0, 0.1) is 52.3 Å². The van der Waals surface area contributed by atoms with Gasteiger partial charge in [0.05, 0.1) is 37.6 Å². The normalized spacial score (nSPS) is 57.8. The fraction of sp³-hybridized carbons (Fsp3) is 0.979. The Bertz CT molecular complexity index is 1680. The van der Waals surface area contributed by atoms with Gasteiger partial charge in [-0.1, -0.05) is 27.7 Å². The molecule has 6 unspecified atom stereocenters. The van der Waals surface area contributed by atoms with Crippen LogP contribution in [-0.2, 0) is 47.4 Å². The van der Waals surface area contributed by atoms with Crippen LogP contribution in [0.4, 0.5) is 0 Å². The Kier molecular flexibility index (Phi) is 13.7. The summed E-state index contributed by atoms with van der Waals surface area (Å²) in [4.78, 5) is 12.9. The summed E-state index contributed by atoms with van der Waals surface area (Å²) in [5, 5.41) is 86.4. The summed E-state index contributed by atoms with van der Waals surface area (Å²) < 4.78 is 56.6. The van der Waals surface area contributed by atoms with Gasteiger partial charge in [0.25, 0.3) is 0 Å². The molecule has 18 nitrogen and oxygen atoms in total. The van der Waals surface area contributed by atoms with Crippen molar-refractivity contribution in [3.05, 3.63) is 0 Å². The summed E-state index contributed by atoms with van der Waals surface area (Å²) in [7, 11) is 0.